The summed E-state index contributed by atoms with van der Waals surface area (Å²) in [6.45, 7) is 0. The molecule has 2 saturated carbocycles. The molecule has 0 radical (unpaired) electrons. The summed E-state index contributed by atoms with van der Waals surface area (Å²) in [5.74, 6) is 2.16. The molecule has 0 spiro atoms. The third-order valence-corrected chi connectivity index (χ3v) is 4.08. The maximum Gasteiger partial charge on any atom is 0.0960 e. The van der Waals surface area contributed by atoms with Crippen LogP contribution in [-0.4, -0.2) is 5.11 Å². The molecule has 2 aliphatic carbocycles. The maximum absolute atomic E-state index is 10.2. The fourth-order valence-corrected chi connectivity index (χ4v) is 3.37. The van der Waals surface area contributed by atoms with E-state index in [0.717, 1.165) is 17.4 Å². The van der Waals surface area contributed by atoms with Gasteiger partial charge in [-0.3, -0.25) is 0 Å². The van der Waals surface area contributed by atoms with Crippen LogP contribution in [0.5, 0.6) is 0 Å². The van der Waals surface area contributed by atoms with E-state index in [2.05, 4.69) is 0 Å². The van der Waals surface area contributed by atoms with E-state index < -0.39 is 0 Å². The van der Waals surface area contributed by atoms with E-state index in [0.29, 0.717) is 5.92 Å². The number of fused-ring (bicyclic) bond motifs is 2. The van der Waals surface area contributed by atoms with Gasteiger partial charge in [-0.1, -0.05) is 6.42 Å². The van der Waals surface area contributed by atoms with Crippen molar-refractivity contribution in [3.63, 3.8) is 0 Å². The lowest BCUT2D eigenvalue weighted by Gasteiger charge is -2.25. The molecule has 2 bridgehead atoms. The van der Waals surface area contributed by atoms with E-state index in [1.807, 2.05) is 6.07 Å². The molecule has 14 heavy (non-hydrogen) atoms. The molecule has 1 heterocycles. The Hall–Kier alpha value is -0.760. The van der Waals surface area contributed by atoms with Gasteiger partial charge in [0.15, 0.2) is 0 Å². The van der Waals surface area contributed by atoms with Gasteiger partial charge in [-0.2, -0.15) is 0 Å². The minimum absolute atomic E-state index is 0.288. The Morgan fingerprint density at radius 3 is 2.86 bits per heavy atom. The smallest absolute Gasteiger partial charge is 0.0960 e. The number of hydrogen-bond donors (Lipinski definition) is 1. The second-order valence-electron chi connectivity index (χ2n) is 4.84. The van der Waals surface area contributed by atoms with Gasteiger partial charge in [0.05, 0.1) is 18.6 Å². The fourth-order valence-electron chi connectivity index (χ4n) is 3.37. The van der Waals surface area contributed by atoms with Crippen molar-refractivity contribution >= 4 is 0 Å². The summed E-state index contributed by atoms with van der Waals surface area (Å²) in [6, 6.07) is 1.89. The Balaban J connectivity index is 1.77. The Morgan fingerprint density at radius 2 is 2.29 bits per heavy atom. The summed E-state index contributed by atoms with van der Waals surface area (Å²) in [5, 5.41) is 10.2. The van der Waals surface area contributed by atoms with Crippen molar-refractivity contribution in [1.29, 1.82) is 0 Å². The van der Waals surface area contributed by atoms with Crippen LogP contribution in [0.25, 0.3) is 0 Å². The summed E-state index contributed by atoms with van der Waals surface area (Å²) in [4.78, 5) is 0. The first kappa shape index (κ1) is 8.54. The molecule has 0 aromatic carbocycles. The zero-order chi connectivity index (χ0) is 9.54. The van der Waals surface area contributed by atoms with Gasteiger partial charge >= 0.3 is 0 Å². The predicted molar refractivity (Wildman–Crippen MR) is 52.6 cm³/mol. The number of aliphatic hydroxyl groups is 1. The predicted octanol–water partition coefficient (Wildman–Crippen LogP) is 2.75. The van der Waals surface area contributed by atoms with Crippen LogP contribution in [-0.2, 0) is 0 Å². The topological polar surface area (TPSA) is 33.4 Å². The molecule has 2 heteroatoms. The molecular weight excluding hydrogens is 176 g/mol. The number of aliphatic hydroxyl groups excluding tert-OH is 1. The number of furan rings is 1. The van der Waals surface area contributed by atoms with Gasteiger partial charge in [-0.25, -0.2) is 0 Å². The molecule has 0 aliphatic heterocycles. The fraction of sp³-hybridized carbons (Fsp3) is 0.667. The van der Waals surface area contributed by atoms with Crippen molar-refractivity contribution in [2.45, 2.75) is 31.8 Å². The van der Waals surface area contributed by atoms with Crippen LogP contribution in [0.2, 0.25) is 0 Å². The first-order chi connectivity index (χ1) is 6.84. The van der Waals surface area contributed by atoms with Crippen LogP contribution in [0.4, 0.5) is 0 Å². The van der Waals surface area contributed by atoms with Crippen LogP contribution in [0.15, 0.2) is 23.0 Å². The van der Waals surface area contributed by atoms with Crippen LogP contribution in [0, 0.1) is 17.8 Å². The van der Waals surface area contributed by atoms with Crippen LogP contribution in [0.3, 0.4) is 0 Å². The Kier molecular flexibility index (Phi) is 1.91. The van der Waals surface area contributed by atoms with Gasteiger partial charge in [0.25, 0.3) is 0 Å². The van der Waals surface area contributed by atoms with Gasteiger partial charge in [0, 0.05) is 5.56 Å². The normalized spacial score (nSPS) is 37.6. The Labute approximate surface area is 83.9 Å². The maximum atomic E-state index is 10.2. The molecule has 1 N–H and O–H groups in total. The van der Waals surface area contributed by atoms with Crippen molar-refractivity contribution in [1.82, 2.24) is 0 Å². The Bertz CT molecular complexity index is 304. The molecule has 1 aromatic heterocycles. The van der Waals surface area contributed by atoms with Crippen molar-refractivity contribution in [2.75, 3.05) is 0 Å². The summed E-state index contributed by atoms with van der Waals surface area (Å²) in [5.41, 5.74) is 0.961. The minimum atomic E-state index is -0.288. The van der Waals surface area contributed by atoms with Crippen LogP contribution in [0.1, 0.15) is 37.4 Å². The average Bonchev–Trinajstić information content (AvgIpc) is 2.93. The summed E-state index contributed by atoms with van der Waals surface area (Å²) < 4.78 is 5.02. The molecule has 4 atom stereocenters. The second-order valence-corrected chi connectivity index (χ2v) is 4.84. The molecular formula is C12H16O2. The monoisotopic (exact) mass is 192 g/mol. The van der Waals surface area contributed by atoms with Crippen molar-refractivity contribution in [3.05, 3.63) is 24.2 Å². The Morgan fingerprint density at radius 1 is 1.36 bits per heavy atom. The third kappa shape index (κ3) is 1.21. The molecule has 2 aliphatic rings. The third-order valence-electron chi connectivity index (χ3n) is 4.08. The summed E-state index contributed by atoms with van der Waals surface area (Å²) in [6.07, 6.45) is 8.31. The summed E-state index contributed by atoms with van der Waals surface area (Å²) in [7, 11) is 0. The van der Waals surface area contributed by atoms with Gasteiger partial charge < -0.3 is 9.52 Å². The second kappa shape index (κ2) is 3.13. The van der Waals surface area contributed by atoms with Gasteiger partial charge in [-0.15, -0.1) is 0 Å². The first-order valence-corrected chi connectivity index (χ1v) is 5.55. The standard InChI is InChI=1S/C12H16O2/c13-12(10-3-4-14-7-10)11-6-8-1-2-9(11)5-8/h3-4,7-9,11-13H,1-2,5-6H2. The molecule has 2 fully saturated rings. The largest absolute Gasteiger partial charge is 0.472 e. The van der Waals surface area contributed by atoms with Crippen molar-refractivity contribution < 1.29 is 9.52 Å². The van der Waals surface area contributed by atoms with Gasteiger partial charge in [0.1, 0.15) is 0 Å². The lowest BCUT2D eigenvalue weighted by atomic mass is 9.83. The van der Waals surface area contributed by atoms with E-state index in [1.165, 1.54) is 25.7 Å². The quantitative estimate of drug-likeness (QED) is 0.781. The number of hydrogen-bond acceptors (Lipinski definition) is 2. The first-order valence-electron chi connectivity index (χ1n) is 5.55. The van der Waals surface area contributed by atoms with E-state index in [4.69, 9.17) is 4.42 Å². The molecule has 76 valence electrons. The highest BCUT2D eigenvalue weighted by Crippen LogP contribution is 2.52. The SMILES string of the molecule is OC(c1ccoc1)C1CC2CCC1C2. The molecule has 3 rings (SSSR count). The molecule has 0 amide bonds. The molecule has 4 unspecified atom stereocenters. The number of rotatable bonds is 2. The zero-order valence-electron chi connectivity index (χ0n) is 8.23. The molecule has 2 nitrogen and oxygen atoms in total. The van der Waals surface area contributed by atoms with Crippen LogP contribution >= 0.6 is 0 Å². The van der Waals surface area contributed by atoms with Gasteiger partial charge in [-0.05, 0) is 43.1 Å². The minimum Gasteiger partial charge on any atom is -0.472 e. The van der Waals surface area contributed by atoms with Crippen LogP contribution < -0.4 is 0 Å². The zero-order valence-corrected chi connectivity index (χ0v) is 8.23. The van der Waals surface area contributed by atoms with Crippen molar-refractivity contribution in [3.8, 4) is 0 Å². The highest BCUT2D eigenvalue weighted by molar-refractivity contribution is 5.12. The van der Waals surface area contributed by atoms with E-state index in [-0.39, 0.29) is 6.10 Å². The van der Waals surface area contributed by atoms with Gasteiger partial charge in [0.2, 0.25) is 0 Å². The molecule has 1 aromatic rings. The van der Waals surface area contributed by atoms with E-state index in [1.54, 1.807) is 12.5 Å². The molecule has 0 saturated heterocycles. The lowest BCUT2D eigenvalue weighted by molar-refractivity contribution is 0.0740. The highest BCUT2D eigenvalue weighted by atomic mass is 16.3. The lowest BCUT2D eigenvalue weighted by Crippen LogP contribution is -2.18. The van der Waals surface area contributed by atoms with E-state index in [9.17, 15) is 5.11 Å². The average molecular weight is 192 g/mol. The summed E-state index contributed by atoms with van der Waals surface area (Å²) >= 11 is 0. The highest BCUT2D eigenvalue weighted by Gasteiger charge is 2.43. The van der Waals surface area contributed by atoms with E-state index >= 15 is 0 Å². The van der Waals surface area contributed by atoms with Crippen molar-refractivity contribution in [2.24, 2.45) is 17.8 Å².